The molecule has 2 aromatic carbocycles. The van der Waals surface area contributed by atoms with Crippen LogP contribution in [0, 0.1) is 5.82 Å². The molecule has 0 aliphatic heterocycles. The third-order valence-electron chi connectivity index (χ3n) is 2.98. The van der Waals surface area contributed by atoms with Gasteiger partial charge in [-0.3, -0.25) is 4.79 Å². The highest BCUT2D eigenvalue weighted by Gasteiger charge is 2.14. The van der Waals surface area contributed by atoms with Crippen molar-refractivity contribution in [1.29, 1.82) is 0 Å². The fourth-order valence-electron chi connectivity index (χ4n) is 1.79. The van der Waals surface area contributed by atoms with Gasteiger partial charge in [-0.1, -0.05) is 11.6 Å². The number of hydrogen-bond acceptors (Lipinski definition) is 3. The highest BCUT2D eigenvalue weighted by molar-refractivity contribution is 6.30. The van der Waals surface area contributed by atoms with Crippen LogP contribution < -0.4 is 14.8 Å². The minimum Gasteiger partial charge on any atom is -0.492 e. The molecule has 2 aromatic rings. The fourth-order valence-corrected chi connectivity index (χ4v) is 1.91. The predicted octanol–water partition coefficient (Wildman–Crippen LogP) is 3.44. The summed E-state index contributed by atoms with van der Waals surface area (Å²) in [7, 11) is 0. The molecule has 2 rings (SSSR count). The number of halogens is 2. The lowest BCUT2D eigenvalue weighted by Crippen LogP contribution is -2.38. The quantitative estimate of drug-likeness (QED) is 0.787. The van der Waals surface area contributed by atoms with Crippen LogP contribution in [0.15, 0.2) is 48.5 Å². The Kier molecular flexibility index (Phi) is 6.23. The van der Waals surface area contributed by atoms with Crippen LogP contribution in [0.3, 0.4) is 0 Å². The average Bonchev–Trinajstić information content (AvgIpc) is 2.55. The van der Waals surface area contributed by atoms with Crippen LogP contribution in [0.2, 0.25) is 5.02 Å². The van der Waals surface area contributed by atoms with Gasteiger partial charge < -0.3 is 14.8 Å². The standard InChI is InChI=1S/C17H17ClFNO3/c1-12(23-16-8-4-14(19)5-9-16)17(21)20-10-11-22-15-6-2-13(18)3-7-15/h2-9,12H,10-11H2,1H3,(H,20,21)/t12-/m0/s1. The van der Waals surface area contributed by atoms with Crippen LogP contribution in [0.5, 0.6) is 11.5 Å². The third kappa shape index (κ3) is 5.79. The molecule has 0 saturated heterocycles. The molecule has 1 N–H and O–H groups in total. The molecule has 0 aliphatic carbocycles. The molecule has 1 atom stereocenters. The Hall–Kier alpha value is -2.27. The van der Waals surface area contributed by atoms with E-state index in [-0.39, 0.29) is 11.7 Å². The van der Waals surface area contributed by atoms with Crippen molar-refractivity contribution in [2.45, 2.75) is 13.0 Å². The van der Waals surface area contributed by atoms with Crippen LogP contribution >= 0.6 is 11.6 Å². The summed E-state index contributed by atoms with van der Waals surface area (Å²) in [5, 5.41) is 3.34. The lowest BCUT2D eigenvalue weighted by Gasteiger charge is -2.15. The Morgan fingerprint density at radius 2 is 1.74 bits per heavy atom. The first kappa shape index (κ1) is 17.1. The van der Waals surface area contributed by atoms with E-state index in [4.69, 9.17) is 21.1 Å². The Morgan fingerprint density at radius 3 is 2.39 bits per heavy atom. The van der Waals surface area contributed by atoms with Gasteiger partial charge in [-0.2, -0.15) is 0 Å². The molecule has 0 saturated carbocycles. The molecule has 1 amide bonds. The second-order valence-electron chi connectivity index (χ2n) is 4.81. The van der Waals surface area contributed by atoms with Gasteiger partial charge in [-0.15, -0.1) is 0 Å². The molecular formula is C17H17ClFNO3. The predicted molar refractivity (Wildman–Crippen MR) is 86.4 cm³/mol. The first-order valence-electron chi connectivity index (χ1n) is 7.13. The Balaban J connectivity index is 1.69. The molecule has 0 radical (unpaired) electrons. The summed E-state index contributed by atoms with van der Waals surface area (Å²) in [4.78, 5) is 11.9. The molecular weight excluding hydrogens is 321 g/mol. The van der Waals surface area contributed by atoms with Crippen molar-refractivity contribution in [1.82, 2.24) is 5.32 Å². The van der Waals surface area contributed by atoms with Gasteiger partial charge in [0, 0.05) is 5.02 Å². The smallest absolute Gasteiger partial charge is 0.260 e. The average molecular weight is 338 g/mol. The number of carbonyl (C=O) groups is 1. The number of benzene rings is 2. The topological polar surface area (TPSA) is 47.6 Å². The maximum Gasteiger partial charge on any atom is 0.260 e. The summed E-state index contributed by atoms with van der Waals surface area (Å²) >= 11 is 5.78. The minimum absolute atomic E-state index is 0.269. The first-order valence-corrected chi connectivity index (χ1v) is 7.50. The normalized spacial score (nSPS) is 11.6. The summed E-state index contributed by atoms with van der Waals surface area (Å²) in [6.45, 7) is 2.30. The van der Waals surface area contributed by atoms with Gasteiger partial charge in [-0.05, 0) is 55.5 Å². The van der Waals surface area contributed by atoms with E-state index in [1.807, 2.05) is 0 Å². The number of amides is 1. The third-order valence-corrected chi connectivity index (χ3v) is 3.23. The summed E-state index contributed by atoms with van der Waals surface area (Å²) in [5.41, 5.74) is 0. The highest BCUT2D eigenvalue weighted by Crippen LogP contribution is 2.15. The van der Waals surface area contributed by atoms with E-state index >= 15 is 0 Å². The second kappa shape index (κ2) is 8.39. The van der Waals surface area contributed by atoms with Crippen LogP contribution in [-0.2, 0) is 4.79 Å². The van der Waals surface area contributed by atoms with Gasteiger partial charge in [0.1, 0.15) is 23.9 Å². The molecule has 122 valence electrons. The van der Waals surface area contributed by atoms with Gasteiger partial charge >= 0.3 is 0 Å². The molecule has 0 aromatic heterocycles. The number of rotatable bonds is 7. The zero-order valence-electron chi connectivity index (χ0n) is 12.6. The van der Waals surface area contributed by atoms with E-state index in [0.717, 1.165) is 0 Å². The largest absolute Gasteiger partial charge is 0.492 e. The second-order valence-corrected chi connectivity index (χ2v) is 5.24. The SMILES string of the molecule is C[C@H](Oc1ccc(F)cc1)C(=O)NCCOc1ccc(Cl)cc1. The molecule has 0 aliphatic rings. The number of carbonyl (C=O) groups excluding carboxylic acids is 1. The van der Waals surface area contributed by atoms with Crippen LogP contribution in [0.4, 0.5) is 4.39 Å². The lowest BCUT2D eigenvalue weighted by molar-refractivity contribution is -0.127. The van der Waals surface area contributed by atoms with E-state index in [1.54, 1.807) is 31.2 Å². The summed E-state index contributed by atoms with van der Waals surface area (Å²) in [6.07, 6.45) is -0.684. The van der Waals surface area contributed by atoms with Gasteiger partial charge in [0.05, 0.1) is 6.54 Å². The van der Waals surface area contributed by atoms with Crippen LogP contribution in [0.1, 0.15) is 6.92 Å². The first-order chi connectivity index (χ1) is 11.0. The van der Waals surface area contributed by atoms with Crippen LogP contribution in [0.25, 0.3) is 0 Å². The zero-order valence-corrected chi connectivity index (χ0v) is 13.3. The molecule has 0 heterocycles. The summed E-state index contributed by atoms with van der Waals surface area (Å²) in [6, 6.07) is 12.5. The fraction of sp³-hybridized carbons (Fsp3) is 0.235. The molecule has 6 heteroatoms. The molecule has 0 fully saturated rings. The van der Waals surface area contributed by atoms with Gasteiger partial charge in [0.2, 0.25) is 0 Å². The lowest BCUT2D eigenvalue weighted by atomic mass is 10.3. The van der Waals surface area contributed by atoms with Crippen molar-refractivity contribution in [2.24, 2.45) is 0 Å². The minimum atomic E-state index is -0.684. The van der Waals surface area contributed by atoms with Crippen molar-refractivity contribution in [3.8, 4) is 11.5 Å². The molecule has 0 spiro atoms. The Morgan fingerprint density at radius 1 is 1.13 bits per heavy atom. The van der Waals surface area contributed by atoms with E-state index < -0.39 is 6.10 Å². The van der Waals surface area contributed by atoms with Crippen molar-refractivity contribution < 1.29 is 18.7 Å². The highest BCUT2D eigenvalue weighted by atomic mass is 35.5. The van der Waals surface area contributed by atoms with Gasteiger partial charge in [0.25, 0.3) is 5.91 Å². The van der Waals surface area contributed by atoms with Crippen LogP contribution in [-0.4, -0.2) is 25.2 Å². The van der Waals surface area contributed by atoms with E-state index in [9.17, 15) is 9.18 Å². The van der Waals surface area contributed by atoms with Gasteiger partial charge in [-0.25, -0.2) is 4.39 Å². The maximum atomic E-state index is 12.8. The molecule has 4 nitrogen and oxygen atoms in total. The van der Waals surface area contributed by atoms with E-state index in [0.29, 0.717) is 29.7 Å². The number of hydrogen-bond donors (Lipinski definition) is 1. The summed E-state index contributed by atoms with van der Waals surface area (Å²) < 4.78 is 23.7. The monoisotopic (exact) mass is 337 g/mol. The Bertz CT molecular complexity index is 631. The zero-order chi connectivity index (χ0) is 16.7. The molecule has 23 heavy (non-hydrogen) atoms. The molecule has 0 unspecified atom stereocenters. The maximum absolute atomic E-state index is 12.8. The Labute approximate surface area is 139 Å². The number of nitrogens with one attached hydrogen (secondary N) is 1. The van der Waals surface area contributed by atoms with Gasteiger partial charge in [0.15, 0.2) is 6.10 Å². The van der Waals surface area contributed by atoms with Crippen molar-refractivity contribution in [2.75, 3.05) is 13.2 Å². The van der Waals surface area contributed by atoms with E-state index in [2.05, 4.69) is 5.32 Å². The summed E-state index contributed by atoms with van der Waals surface area (Å²) in [5.74, 6) is 0.494. The van der Waals surface area contributed by atoms with Crippen molar-refractivity contribution in [3.05, 3.63) is 59.4 Å². The molecule has 0 bridgehead atoms. The van der Waals surface area contributed by atoms with Crippen molar-refractivity contribution in [3.63, 3.8) is 0 Å². The number of ether oxygens (including phenoxy) is 2. The van der Waals surface area contributed by atoms with E-state index in [1.165, 1.54) is 24.3 Å². The van der Waals surface area contributed by atoms with Crippen molar-refractivity contribution >= 4 is 17.5 Å².